The second kappa shape index (κ2) is 4.20. The fourth-order valence-electron chi connectivity index (χ4n) is 0.829. The summed E-state index contributed by atoms with van der Waals surface area (Å²) in [4.78, 5) is 10.2. The van der Waals surface area contributed by atoms with Gasteiger partial charge in [-0.1, -0.05) is 36.3 Å². The molecule has 2 N–H and O–H groups in total. The van der Waals surface area contributed by atoms with E-state index in [1.807, 2.05) is 30.3 Å². The molecule has 0 unspecified atom stereocenters. The Labute approximate surface area is 71.4 Å². The Morgan fingerprint density at radius 3 is 2.58 bits per heavy atom. The molecule has 1 amide bonds. The van der Waals surface area contributed by atoms with Gasteiger partial charge in [-0.2, -0.15) is 0 Å². The van der Waals surface area contributed by atoms with E-state index >= 15 is 0 Å². The Hall–Kier alpha value is -1.75. The van der Waals surface area contributed by atoms with Crippen LogP contribution in [-0.4, -0.2) is 5.91 Å². The fourth-order valence-corrected chi connectivity index (χ4v) is 0.829. The van der Waals surface area contributed by atoms with Crippen LogP contribution in [-0.2, 0) is 11.2 Å². The first-order valence-corrected chi connectivity index (χ1v) is 3.61. The Morgan fingerprint density at radius 2 is 2.00 bits per heavy atom. The van der Waals surface area contributed by atoms with Crippen LogP contribution in [0.25, 0.3) is 0 Å². The van der Waals surface area contributed by atoms with Crippen LogP contribution >= 0.6 is 0 Å². The molecule has 0 saturated heterocycles. The predicted molar refractivity (Wildman–Crippen MR) is 47.1 cm³/mol. The highest BCUT2D eigenvalue weighted by Crippen LogP contribution is 1.97. The molecule has 1 rings (SSSR count). The molecule has 1 aromatic rings. The standard InChI is InChI=1S/C10H9NO/c11-10(12)8-4-7-9-5-2-1-3-6-9/h1-3,5-6H,7H2,(H2,11,12). The van der Waals surface area contributed by atoms with E-state index in [0.717, 1.165) is 5.56 Å². The molecule has 0 radical (unpaired) electrons. The maximum absolute atomic E-state index is 10.2. The molecule has 0 aliphatic carbocycles. The molecular weight excluding hydrogens is 150 g/mol. The highest BCUT2D eigenvalue weighted by molar-refractivity contribution is 5.91. The third-order valence-corrected chi connectivity index (χ3v) is 1.35. The van der Waals surface area contributed by atoms with Crippen molar-refractivity contribution in [2.45, 2.75) is 6.42 Å². The van der Waals surface area contributed by atoms with Crippen molar-refractivity contribution >= 4 is 5.91 Å². The maximum Gasteiger partial charge on any atom is 0.293 e. The van der Waals surface area contributed by atoms with E-state index in [-0.39, 0.29) is 0 Å². The van der Waals surface area contributed by atoms with Crippen molar-refractivity contribution in [3.8, 4) is 11.8 Å². The lowest BCUT2D eigenvalue weighted by atomic mass is 10.2. The van der Waals surface area contributed by atoms with Crippen LogP contribution in [0.3, 0.4) is 0 Å². The average molecular weight is 159 g/mol. The zero-order valence-electron chi connectivity index (χ0n) is 6.58. The summed E-state index contributed by atoms with van der Waals surface area (Å²) < 4.78 is 0. The van der Waals surface area contributed by atoms with Gasteiger partial charge in [0.05, 0.1) is 0 Å². The second-order valence-corrected chi connectivity index (χ2v) is 2.33. The number of hydrogen-bond donors (Lipinski definition) is 1. The van der Waals surface area contributed by atoms with E-state index < -0.39 is 5.91 Å². The van der Waals surface area contributed by atoms with Crippen LogP contribution in [0.1, 0.15) is 5.56 Å². The lowest BCUT2D eigenvalue weighted by molar-refractivity contribution is -0.112. The van der Waals surface area contributed by atoms with E-state index in [1.54, 1.807) is 0 Å². The van der Waals surface area contributed by atoms with E-state index in [2.05, 4.69) is 11.8 Å². The summed E-state index contributed by atoms with van der Waals surface area (Å²) in [5, 5.41) is 0. The Bertz CT molecular complexity index is 319. The summed E-state index contributed by atoms with van der Waals surface area (Å²) in [5.74, 6) is 4.38. The van der Waals surface area contributed by atoms with Crippen LogP contribution < -0.4 is 5.73 Å². The summed E-state index contributed by atoms with van der Waals surface area (Å²) in [6, 6.07) is 9.71. The number of carbonyl (C=O) groups is 1. The number of amides is 1. The highest BCUT2D eigenvalue weighted by atomic mass is 16.1. The summed E-state index contributed by atoms with van der Waals surface area (Å²) in [6.45, 7) is 0. The number of benzene rings is 1. The van der Waals surface area contributed by atoms with Gasteiger partial charge in [-0.15, -0.1) is 0 Å². The van der Waals surface area contributed by atoms with Gasteiger partial charge in [0.25, 0.3) is 5.91 Å². The van der Waals surface area contributed by atoms with Crippen molar-refractivity contribution in [2.75, 3.05) is 0 Å². The lowest BCUT2D eigenvalue weighted by Crippen LogP contribution is -2.06. The molecule has 0 bridgehead atoms. The average Bonchev–Trinajstić information content (AvgIpc) is 2.05. The SMILES string of the molecule is NC(=O)C#CCc1ccccc1. The monoisotopic (exact) mass is 159 g/mol. The van der Waals surface area contributed by atoms with Crippen molar-refractivity contribution in [1.29, 1.82) is 0 Å². The first-order valence-electron chi connectivity index (χ1n) is 3.61. The topological polar surface area (TPSA) is 43.1 Å². The van der Waals surface area contributed by atoms with E-state index in [9.17, 15) is 4.79 Å². The lowest BCUT2D eigenvalue weighted by Gasteiger charge is -1.90. The highest BCUT2D eigenvalue weighted by Gasteiger charge is 1.85. The molecule has 0 aliphatic rings. The third-order valence-electron chi connectivity index (χ3n) is 1.35. The molecule has 12 heavy (non-hydrogen) atoms. The molecular formula is C10H9NO. The molecule has 0 saturated carbocycles. The number of rotatable bonds is 1. The molecule has 0 aliphatic heterocycles. The smallest absolute Gasteiger partial charge is 0.293 e. The number of carbonyl (C=O) groups excluding carboxylic acids is 1. The summed E-state index contributed by atoms with van der Waals surface area (Å²) >= 11 is 0. The van der Waals surface area contributed by atoms with E-state index in [0.29, 0.717) is 6.42 Å². The summed E-state index contributed by atoms with van der Waals surface area (Å²) in [7, 11) is 0. The normalized spacial score (nSPS) is 8.33. The van der Waals surface area contributed by atoms with Crippen molar-refractivity contribution < 1.29 is 4.79 Å². The molecule has 2 nitrogen and oxygen atoms in total. The Morgan fingerprint density at radius 1 is 1.33 bits per heavy atom. The molecule has 2 heteroatoms. The molecule has 0 aromatic heterocycles. The molecule has 0 fully saturated rings. The fraction of sp³-hybridized carbons (Fsp3) is 0.100. The predicted octanol–water partition coefficient (Wildman–Crippen LogP) is 0.718. The number of nitrogens with two attached hydrogens (primary N) is 1. The van der Waals surface area contributed by atoms with Gasteiger partial charge in [0.2, 0.25) is 0 Å². The van der Waals surface area contributed by atoms with Gasteiger partial charge in [0, 0.05) is 6.42 Å². The second-order valence-electron chi connectivity index (χ2n) is 2.33. The molecule has 1 aromatic carbocycles. The number of hydrogen-bond acceptors (Lipinski definition) is 1. The third kappa shape index (κ3) is 2.89. The molecule has 60 valence electrons. The van der Waals surface area contributed by atoms with E-state index in [4.69, 9.17) is 5.73 Å². The number of primary amides is 1. The summed E-state index contributed by atoms with van der Waals surface area (Å²) in [5.41, 5.74) is 5.93. The zero-order valence-corrected chi connectivity index (χ0v) is 6.58. The van der Waals surface area contributed by atoms with Gasteiger partial charge in [0.1, 0.15) is 0 Å². The van der Waals surface area contributed by atoms with Crippen LogP contribution in [0.5, 0.6) is 0 Å². The van der Waals surface area contributed by atoms with Crippen molar-refractivity contribution in [1.82, 2.24) is 0 Å². The quantitative estimate of drug-likeness (QED) is 0.603. The van der Waals surface area contributed by atoms with Crippen LogP contribution in [0, 0.1) is 11.8 Å². The van der Waals surface area contributed by atoms with Gasteiger partial charge in [-0.25, -0.2) is 0 Å². The van der Waals surface area contributed by atoms with Gasteiger partial charge >= 0.3 is 0 Å². The van der Waals surface area contributed by atoms with Gasteiger partial charge < -0.3 is 5.73 Å². The minimum atomic E-state index is -0.578. The van der Waals surface area contributed by atoms with Gasteiger partial charge in [-0.3, -0.25) is 4.79 Å². The first-order chi connectivity index (χ1) is 5.79. The minimum absolute atomic E-state index is 0.573. The Kier molecular flexibility index (Phi) is 2.92. The summed E-state index contributed by atoms with van der Waals surface area (Å²) in [6.07, 6.45) is 0.573. The van der Waals surface area contributed by atoms with Gasteiger partial charge in [0.15, 0.2) is 0 Å². The van der Waals surface area contributed by atoms with Crippen molar-refractivity contribution in [2.24, 2.45) is 5.73 Å². The van der Waals surface area contributed by atoms with E-state index in [1.165, 1.54) is 0 Å². The van der Waals surface area contributed by atoms with Crippen molar-refractivity contribution in [3.05, 3.63) is 35.9 Å². The molecule has 0 atom stereocenters. The van der Waals surface area contributed by atoms with Crippen LogP contribution in [0.15, 0.2) is 30.3 Å². The molecule has 0 spiro atoms. The largest absolute Gasteiger partial charge is 0.359 e. The molecule has 0 heterocycles. The zero-order chi connectivity index (χ0) is 8.81. The Balaban J connectivity index is 2.56. The van der Waals surface area contributed by atoms with Crippen molar-refractivity contribution in [3.63, 3.8) is 0 Å². The first kappa shape index (κ1) is 8.35. The van der Waals surface area contributed by atoms with Gasteiger partial charge in [-0.05, 0) is 11.5 Å². The van der Waals surface area contributed by atoms with Crippen LogP contribution in [0.4, 0.5) is 0 Å². The minimum Gasteiger partial charge on any atom is -0.359 e. The van der Waals surface area contributed by atoms with Crippen LogP contribution in [0.2, 0.25) is 0 Å². The maximum atomic E-state index is 10.2.